The van der Waals surface area contributed by atoms with Gasteiger partial charge in [-0.3, -0.25) is 9.59 Å². The fourth-order valence-corrected chi connectivity index (χ4v) is 2.60. The van der Waals surface area contributed by atoms with Crippen LogP contribution in [0.15, 0.2) is 52.9 Å². The van der Waals surface area contributed by atoms with Gasteiger partial charge in [-0.15, -0.1) is 0 Å². The van der Waals surface area contributed by atoms with Crippen molar-refractivity contribution in [2.75, 3.05) is 0 Å². The number of halogens is 1. The Morgan fingerprint density at radius 3 is 2.18 bits per heavy atom. The van der Waals surface area contributed by atoms with Gasteiger partial charge in [0.25, 0.3) is 0 Å². The summed E-state index contributed by atoms with van der Waals surface area (Å²) in [7, 11) is 0. The number of carbonyl (C=O) groups excluding carboxylic acids is 2. The van der Waals surface area contributed by atoms with E-state index in [1.165, 1.54) is 0 Å². The molecule has 0 fully saturated rings. The fourth-order valence-electron chi connectivity index (χ4n) is 2.47. The van der Waals surface area contributed by atoms with Gasteiger partial charge in [-0.2, -0.15) is 0 Å². The Bertz CT molecular complexity index is 873. The number of hydrogen-bond donors (Lipinski definition) is 0. The Balaban J connectivity index is 1.88. The predicted molar refractivity (Wildman–Crippen MR) is 80.3 cm³/mol. The number of carbonyl (C=O) groups is 2. The van der Waals surface area contributed by atoms with E-state index in [9.17, 15) is 9.59 Å². The number of nitrogens with zero attached hydrogens (tertiary/aromatic N) is 1. The fraction of sp³-hybridized carbons (Fsp3) is 0. The average Bonchev–Trinajstić information content (AvgIpc) is 2.99. The van der Waals surface area contributed by atoms with E-state index >= 15 is 0 Å². The highest BCUT2D eigenvalue weighted by atomic mass is 35.5. The van der Waals surface area contributed by atoms with Crippen molar-refractivity contribution in [1.29, 1.82) is 0 Å². The van der Waals surface area contributed by atoms with Gasteiger partial charge < -0.3 is 4.42 Å². The van der Waals surface area contributed by atoms with E-state index in [4.69, 9.17) is 16.0 Å². The SMILES string of the molecule is O=C1c2ccccc2C(=O)c2oc(-c3ccc(Cl)cc3)nc21. The number of aromatic nitrogens is 1. The molecule has 22 heavy (non-hydrogen) atoms. The lowest BCUT2D eigenvalue weighted by Gasteiger charge is -2.10. The molecule has 0 radical (unpaired) electrons. The summed E-state index contributed by atoms with van der Waals surface area (Å²) >= 11 is 5.85. The predicted octanol–water partition coefficient (Wildman–Crippen LogP) is 3.77. The molecular weight excluding hydrogens is 302 g/mol. The third kappa shape index (κ3) is 1.81. The quantitative estimate of drug-likeness (QED) is 0.537. The molecule has 0 amide bonds. The Kier molecular flexibility index (Phi) is 2.74. The first-order valence-corrected chi connectivity index (χ1v) is 6.98. The topological polar surface area (TPSA) is 60.2 Å². The second kappa shape index (κ2) is 4.64. The molecule has 2 aromatic carbocycles. The number of fused-ring (bicyclic) bond motifs is 2. The third-order valence-corrected chi connectivity index (χ3v) is 3.81. The zero-order chi connectivity index (χ0) is 15.3. The van der Waals surface area contributed by atoms with Crippen LogP contribution in [0.4, 0.5) is 0 Å². The number of oxazole rings is 1. The van der Waals surface area contributed by atoms with Crippen molar-refractivity contribution < 1.29 is 14.0 Å². The first-order chi connectivity index (χ1) is 10.6. The molecule has 1 heterocycles. The molecule has 3 aromatic rings. The van der Waals surface area contributed by atoms with E-state index in [1.807, 2.05) is 0 Å². The highest BCUT2D eigenvalue weighted by Gasteiger charge is 2.35. The molecule has 106 valence electrons. The molecule has 0 aliphatic heterocycles. The van der Waals surface area contributed by atoms with Gasteiger partial charge >= 0.3 is 0 Å². The van der Waals surface area contributed by atoms with Gasteiger partial charge in [0.2, 0.25) is 23.2 Å². The smallest absolute Gasteiger partial charge is 0.231 e. The van der Waals surface area contributed by atoms with Crippen molar-refractivity contribution in [3.8, 4) is 11.5 Å². The van der Waals surface area contributed by atoms with Gasteiger partial charge in [-0.1, -0.05) is 35.9 Å². The minimum absolute atomic E-state index is 0.00588. The van der Waals surface area contributed by atoms with Crippen LogP contribution >= 0.6 is 11.6 Å². The van der Waals surface area contributed by atoms with Gasteiger partial charge in [-0.25, -0.2) is 4.98 Å². The van der Waals surface area contributed by atoms with E-state index in [2.05, 4.69) is 4.98 Å². The molecule has 0 spiro atoms. The summed E-state index contributed by atoms with van der Waals surface area (Å²) in [4.78, 5) is 29.1. The van der Waals surface area contributed by atoms with Gasteiger partial charge in [-0.05, 0) is 24.3 Å². The van der Waals surface area contributed by atoms with Gasteiger partial charge in [0, 0.05) is 21.7 Å². The Labute approximate surface area is 130 Å². The van der Waals surface area contributed by atoms with Crippen LogP contribution in [-0.2, 0) is 0 Å². The Morgan fingerprint density at radius 1 is 0.864 bits per heavy atom. The molecule has 1 aromatic heterocycles. The monoisotopic (exact) mass is 309 g/mol. The van der Waals surface area contributed by atoms with Crippen LogP contribution in [0.3, 0.4) is 0 Å². The average molecular weight is 310 g/mol. The summed E-state index contributed by atoms with van der Waals surface area (Å²) in [5.41, 5.74) is 1.42. The van der Waals surface area contributed by atoms with E-state index in [1.54, 1.807) is 48.5 Å². The van der Waals surface area contributed by atoms with Crippen LogP contribution in [0.5, 0.6) is 0 Å². The normalized spacial score (nSPS) is 13.0. The number of benzene rings is 2. The minimum atomic E-state index is -0.321. The van der Waals surface area contributed by atoms with Gasteiger partial charge in [0.1, 0.15) is 0 Å². The summed E-state index contributed by atoms with van der Waals surface area (Å²) in [6.45, 7) is 0. The van der Waals surface area contributed by atoms with Crippen LogP contribution < -0.4 is 0 Å². The van der Waals surface area contributed by atoms with E-state index in [0.29, 0.717) is 21.7 Å². The van der Waals surface area contributed by atoms with Gasteiger partial charge in [0.15, 0.2) is 5.69 Å². The third-order valence-electron chi connectivity index (χ3n) is 3.56. The van der Waals surface area contributed by atoms with Crippen molar-refractivity contribution in [2.45, 2.75) is 0 Å². The first kappa shape index (κ1) is 13.0. The molecule has 0 atom stereocenters. The summed E-state index contributed by atoms with van der Waals surface area (Å²) in [5, 5.41) is 0.583. The van der Waals surface area contributed by atoms with Crippen molar-refractivity contribution in [3.05, 3.63) is 76.1 Å². The van der Waals surface area contributed by atoms with Crippen LogP contribution in [0, 0.1) is 0 Å². The molecule has 0 N–H and O–H groups in total. The molecule has 0 saturated heterocycles. The van der Waals surface area contributed by atoms with Gasteiger partial charge in [0.05, 0.1) is 0 Å². The second-order valence-electron chi connectivity index (χ2n) is 4.91. The van der Waals surface area contributed by atoms with Crippen molar-refractivity contribution >= 4 is 23.2 Å². The maximum absolute atomic E-state index is 12.5. The van der Waals surface area contributed by atoms with Crippen molar-refractivity contribution in [1.82, 2.24) is 4.98 Å². The van der Waals surface area contributed by atoms with Crippen LogP contribution in [0.2, 0.25) is 5.02 Å². The summed E-state index contributed by atoms with van der Waals surface area (Å²) < 4.78 is 5.55. The Hall–Kier alpha value is -2.72. The standard InChI is InChI=1S/C17H8ClNO3/c18-10-7-5-9(6-8-10)17-19-13-14(20)11-3-1-2-4-12(11)15(21)16(13)22-17/h1-8H. The molecule has 0 bridgehead atoms. The van der Waals surface area contributed by atoms with Crippen molar-refractivity contribution in [3.63, 3.8) is 0 Å². The molecule has 1 aliphatic carbocycles. The highest BCUT2D eigenvalue weighted by molar-refractivity contribution is 6.30. The van der Waals surface area contributed by atoms with E-state index in [-0.39, 0.29) is 28.9 Å². The molecule has 0 unspecified atom stereocenters. The van der Waals surface area contributed by atoms with E-state index in [0.717, 1.165) is 0 Å². The number of hydrogen-bond acceptors (Lipinski definition) is 4. The largest absolute Gasteiger partial charge is 0.432 e. The molecule has 1 aliphatic rings. The summed E-state index contributed by atoms with van der Waals surface area (Å²) in [5.74, 6) is -0.392. The molecule has 4 rings (SSSR count). The molecule has 0 saturated carbocycles. The van der Waals surface area contributed by atoms with E-state index < -0.39 is 0 Å². The maximum Gasteiger partial charge on any atom is 0.231 e. The maximum atomic E-state index is 12.5. The Morgan fingerprint density at radius 2 is 1.50 bits per heavy atom. The lowest BCUT2D eigenvalue weighted by molar-refractivity contribution is 0.0959. The lowest BCUT2D eigenvalue weighted by atomic mass is 9.91. The van der Waals surface area contributed by atoms with Crippen molar-refractivity contribution in [2.24, 2.45) is 0 Å². The minimum Gasteiger partial charge on any atom is -0.432 e. The van der Waals surface area contributed by atoms with Crippen LogP contribution in [0.1, 0.15) is 32.2 Å². The van der Waals surface area contributed by atoms with Crippen LogP contribution in [0.25, 0.3) is 11.5 Å². The molecule has 4 nitrogen and oxygen atoms in total. The molecule has 5 heteroatoms. The highest BCUT2D eigenvalue weighted by Crippen LogP contribution is 2.31. The summed E-state index contributed by atoms with van der Waals surface area (Å²) in [6, 6.07) is 13.5. The lowest BCUT2D eigenvalue weighted by Crippen LogP contribution is -2.19. The number of ketones is 2. The zero-order valence-electron chi connectivity index (χ0n) is 11.2. The first-order valence-electron chi connectivity index (χ1n) is 6.60. The molecular formula is C17H8ClNO3. The summed E-state index contributed by atoms with van der Waals surface area (Å²) in [6.07, 6.45) is 0. The van der Waals surface area contributed by atoms with Crippen LogP contribution in [-0.4, -0.2) is 16.6 Å². The zero-order valence-corrected chi connectivity index (χ0v) is 11.9. The second-order valence-corrected chi connectivity index (χ2v) is 5.34. The number of rotatable bonds is 1.